The number of imide groups is 1. The van der Waals surface area contributed by atoms with Gasteiger partial charge in [0.15, 0.2) is 0 Å². The molecular weight excluding hydrogens is 235 g/mol. The quantitative estimate of drug-likeness (QED) is 0.862. The Hall–Kier alpha value is -1.91. The molecule has 18 heavy (non-hydrogen) atoms. The molecule has 1 atom stereocenters. The second-order valence-corrected chi connectivity index (χ2v) is 4.56. The monoisotopic (exact) mass is 250 g/mol. The molecule has 3 amide bonds. The van der Waals surface area contributed by atoms with E-state index < -0.39 is 17.8 Å². The zero-order valence-electron chi connectivity index (χ0n) is 10.1. The normalized spacial score (nSPS) is 15.9. The Labute approximate surface area is 105 Å². The van der Waals surface area contributed by atoms with Crippen molar-refractivity contribution >= 4 is 11.9 Å². The maximum Gasteiger partial charge on any atom is 0.321 e. The molecule has 5 heteroatoms. The Morgan fingerprint density at radius 1 is 1.28 bits per heavy atom. The minimum atomic E-state index is -0.532. The molecule has 0 aliphatic heterocycles. The summed E-state index contributed by atoms with van der Waals surface area (Å²) >= 11 is 0. The molecule has 1 saturated carbocycles. The van der Waals surface area contributed by atoms with E-state index in [4.69, 9.17) is 0 Å². The van der Waals surface area contributed by atoms with Crippen molar-refractivity contribution in [3.8, 4) is 0 Å². The number of rotatable bonds is 3. The highest BCUT2D eigenvalue weighted by atomic mass is 19.1. The summed E-state index contributed by atoms with van der Waals surface area (Å²) in [5.74, 6) is -0.425. The highest BCUT2D eigenvalue weighted by Crippen LogP contribution is 2.32. The Morgan fingerprint density at radius 3 is 2.44 bits per heavy atom. The molecule has 0 radical (unpaired) electrons. The average molecular weight is 250 g/mol. The number of carbonyl (C=O) groups excluding carboxylic acids is 2. The molecule has 4 nitrogen and oxygen atoms in total. The first-order valence-corrected chi connectivity index (χ1v) is 5.93. The number of amides is 3. The molecule has 0 heterocycles. The molecule has 0 spiro atoms. The van der Waals surface area contributed by atoms with Crippen LogP contribution in [0.5, 0.6) is 0 Å². The third-order valence-electron chi connectivity index (χ3n) is 3.02. The van der Waals surface area contributed by atoms with Crippen LogP contribution in [-0.2, 0) is 0 Å². The van der Waals surface area contributed by atoms with Crippen molar-refractivity contribution in [3.05, 3.63) is 35.6 Å². The molecule has 0 unspecified atom stereocenters. The molecule has 1 aromatic rings. The third kappa shape index (κ3) is 3.29. The van der Waals surface area contributed by atoms with Crippen LogP contribution >= 0.6 is 0 Å². The molecule has 0 saturated heterocycles. The number of benzene rings is 1. The maximum atomic E-state index is 12.7. The summed E-state index contributed by atoms with van der Waals surface area (Å²) in [4.78, 5) is 23.2. The minimum absolute atomic E-state index is 0.0750. The molecule has 2 rings (SSSR count). The van der Waals surface area contributed by atoms with Gasteiger partial charge in [-0.25, -0.2) is 9.18 Å². The van der Waals surface area contributed by atoms with E-state index in [-0.39, 0.29) is 11.6 Å². The molecule has 1 fully saturated rings. The molecule has 1 aromatic carbocycles. The van der Waals surface area contributed by atoms with Crippen LogP contribution in [0.4, 0.5) is 9.18 Å². The molecule has 0 bridgehead atoms. The summed E-state index contributed by atoms with van der Waals surface area (Å²) in [5.41, 5.74) is 0.255. The largest absolute Gasteiger partial charge is 0.335 e. The molecular formula is C13H15FN2O2. The SMILES string of the molecule is C[C@@H](NC(=O)NC(=O)c1ccc(F)cc1)C1CC1. The average Bonchev–Trinajstić information content (AvgIpc) is 3.13. The van der Waals surface area contributed by atoms with E-state index in [0.717, 1.165) is 12.8 Å². The smallest absolute Gasteiger partial charge is 0.321 e. The van der Waals surface area contributed by atoms with Crippen molar-refractivity contribution in [2.75, 3.05) is 0 Å². The van der Waals surface area contributed by atoms with Crippen LogP contribution in [0, 0.1) is 11.7 Å². The van der Waals surface area contributed by atoms with Crippen molar-refractivity contribution in [1.29, 1.82) is 0 Å². The standard InChI is InChI=1S/C13H15FN2O2/c1-8(9-2-3-9)15-13(18)16-12(17)10-4-6-11(14)7-5-10/h4-9H,2-3H2,1H3,(H2,15,16,17,18)/t8-/m1/s1. The predicted molar refractivity (Wildman–Crippen MR) is 64.6 cm³/mol. The van der Waals surface area contributed by atoms with Crippen LogP contribution in [0.15, 0.2) is 24.3 Å². The van der Waals surface area contributed by atoms with Crippen LogP contribution in [0.3, 0.4) is 0 Å². The number of hydrogen-bond donors (Lipinski definition) is 2. The van der Waals surface area contributed by atoms with Crippen molar-refractivity contribution in [1.82, 2.24) is 10.6 Å². The lowest BCUT2D eigenvalue weighted by atomic mass is 10.2. The van der Waals surface area contributed by atoms with Gasteiger partial charge in [0.25, 0.3) is 5.91 Å². The van der Waals surface area contributed by atoms with Crippen LogP contribution in [0.2, 0.25) is 0 Å². The second kappa shape index (κ2) is 5.16. The Bertz CT molecular complexity index is 455. The van der Waals surface area contributed by atoms with E-state index in [0.29, 0.717) is 5.92 Å². The van der Waals surface area contributed by atoms with E-state index >= 15 is 0 Å². The predicted octanol–water partition coefficient (Wildman–Crippen LogP) is 2.06. The zero-order chi connectivity index (χ0) is 13.1. The Kier molecular flexibility index (Phi) is 3.60. The van der Waals surface area contributed by atoms with Crippen LogP contribution < -0.4 is 10.6 Å². The van der Waals surface area contributed by atoms with E-state index in [1.807, 2.05) is 6.92 Å². The van der Waals surface area contributed by atoms with E-state index in [2.05, 4.69) is 10.6 Å². The Morgan fingerprint density at radius 2 is 1.89 bits per heavy atom. The first-order valence-electron chi connectivity index (χ1n) is 5.93. The third-order valence-corrected chi connectivity index (χ3v) is 3.02. The molecule has 96 valence electrons. The second-order valence-electron chi connectivity index (χ2n) is 4.56. The fourth-order valence-corrected chi connectivity index (χ4v) is 1.73. The highest BCUT2D eigenvalue weighted by Gasteiger charge is 2.29. The first-order chi connectivity index (χ1) is 8.56. The number of hydrogen-bond acceptors (Lipinski definition) is 2. The van der Waals surface area contributed by atoms with Gasteiger partial charge in [-0.05, 0) is 49.9 Å². The lowest BCUT2D eigenvalue weighted by Gasteiger charge is -2.12. The topological polar surface area (TPSA) is 58.2 Å². The fraction of sp³-hybridized carbons (Fsp3) is 0.385. The van der Waals surface area contributed by atoms with Crippen molar-refractivity contribution in [2.45, 2.75) is 25.8 Å². The van der Waals surface area contributed by atoms with E-state index in [1.165, 1.54) is 24.3 Å². The summed E-state index contributed by atoms with van der Waals surface area (Å²) in [5, 5.41) is 4.93. The van der Waals surface area contributed by atoms with E-state index in [1.54, 1.807) is 0 Å². The van der Waals surface area contributed by atoms with Gasteiger partial charge in [0.1, 0.15) is 5.82 Å². The van der Waals surface area contributed by atoms with Crippen LogP contribution in [0.1, 0.15) is 30.1 Å². The van der Waals surface area contributed by atoms with Crippen molar-refractivity contribution in [3.63, 3.8) is 0 Å². The summed E-state index contributed by atoms with van der Waals surface area (Å²) in [6.45, 7) is 1.92. The summed E-state index contributed by atoms with van der Waals surface area (Å²) in [6.07, 6.45) is 2.24. The highest BCUT2D eigenvalue weighted by molar-refractivity contribution is 6.04. The number of carbonyl (C=O) groups is 2. The zero-order valence-corrected chi connectivity index (χ0v) is 10.1. The molecule has 1 aliphatic rings. The van der Waals surface area contributed by atoms with Gasteiger partial charge in [-0.3, -0.25) is 10.1 Å². The summed E-state index contributed by atoms with van der Waals surface area (Å²) < 4.78 is 12.7. The lowest BCUT2D eigenvalue weighted by molar-refractivity contribution is 0.0963. The number of halogens is 1. The van der Waals surface area contributed by atoms with Crippen molar-refractivity contribution in [2.24, 2.45) is 5.92 Å². The van der Waals surface area contributed by atoms with Gasteiger partial charge in [0, 0.05) is 11.6 Å². The van der Waals surface area contributed by atoms with Gasteiger partial charge in [0.05, 0.1) is 0 Å². The minimum Gasteiger partial charge on any atom is -0.335 e. The fourth-order valence-electron chi connectivity index (χ4n) is 1.73. The van der Waals surface area contributed by atoms with E-state index in [9.17, 15) is 14.0 Å². The molecule has 2 N–H and O–H groups in total. The van der Waals surface area contributed by atoms with Gasteiger partial charge in [-0.15, -0.1) is 0 Å². The van der Waals surface area contributed by atoms with Gasteiger partial charge >= 0.3 is 6.03 Å². The van der Waals surface area contributed by atoms with Gasteiger partial charge in [0.2, 0.25) is 0 Å². The van der Waals surface area contributed by atoms with Crippen LogP contribution in [0.25, 0.3) is 0 Å². The summed E-state index contributed by atoms with van der Waals surface area (Å²) in [6, 6.07) is 4.60. The van der Waals surface area contributed by atoms with Gasteiger partial charge in [-0.2, -0.15) is 0 Å². The van der Waals surface area contributed by atoms with Crippen LogP contribution in [-0.4, -0.2) is 18.0 Å². The van der Waals surface area contributed by atoms with Crippen molar-refractivity contribution < 1.29 is 14.0 Å². The summed E-state index contributed by atoms with van der Waals surface area (Å²) in [7, 11) is 0. The lowest BCUT2D eigenvalue weighted by Crippen LogP contribution is -2.44. The number of urea groups is 1. The molecule has 0 aromatic heterocycles. The Balaban J connectivity index is 1.86. The molecule has 1 aliphatic carbocycles. The first kappa shape index (κ1) is 12.5. The van der Waals surface area contributed by atoms with Gasteiger partial charge < -0.3 is 5.32 Å². The maximum absolute atomic E-state index is 12.7. The van der Waals surface area contributed by atoms with Gasteiger partial charge in [-0.1, -0.05) is 0 Å². The number of nitrogens with one attached hydrogen (secondary N) is 2.